The Hall–Kier alpha value is -2.73. The molecule has 20 heavy (non-hydrogen) atoms. The second kappa shape index (κ2) is 7.01. The summed E-state index contributed by atoms with van der Waals surface area (Å²) in [6.07, 6.45) is 5.11. The van der Waals surface area contributed by atoms with Crippen LogP contribution in [0, 0.1) is 12.3 Å². The number of hydrogen-bond donors (Lipinski definition) is 1. The molecule has 3 nitrogen and oxygen atoms in total. The molecular weight excluding hydrogens is 250 g/mol. The molecule has 0 heterocycles. The highest BCUT2D eigenvalue weighted by atomic mass is 16.5. The molecule has 0 aliphatic carbocycles. The molecule has 0 unspecified atom stereocenters. The lowest BCUT2D eigenvalue weighted by atomic mass is 10.2. The molecule has 2 aromatic rings. The van der Waals surface area contributed by atoms with Crippen molar-refractivity contribution in [3.05, 3.63) is 65.7 Å². The number of carbonyl (C=O) groups is 1. The smallest absolute Gasteiger partial charge is 0.251 e. The van der Waals surface area contributed by atoms with Gasteiger partial charge in [0, 0.05) is 12.1 Å². The van der Waals surface area contributed by atoms with Crippen LogP contribution in [0.15, 0.2) is 54.6 Å². The number of terminal acetylenes is 1. The van der Waals surface area contributed by atoms with E-state index in [2.05, 4.69) is 11.2 Å². The fraction of sp³-hybridized carbons (Fsp3) is 0.118. The molecule has 0 saturated carbocycles. The Morgan fingerprint density at radius 2 is 1.80 bits per heavy atom. The molecule has 0 aliphatic rings. The summed E-state index contributed by atoms with van der Waals surface area (Å²) in [6, 6.07) is 16.7. The first kappa shape index (κ1) is 13.7. The Balaban J connectivity index is 1.91. The van der Waals surface area contributed by atoms with Crippen LogP contribution < -0.4 is 10.1 Å². The van der Waals surface area contributed by atoms with Gasteiger partial charge in [0.1, 0.15) is 12.4 Å². The summed E-state index contributed by atoms with van der Waals surface area (Å²) in [7, 11) is 0. The average molecular weight is 265 g/mol. The van der Waals surface area contributed by atoms with Gasteiger partial charge in [0.2, 0.25) is 0 Å². The topological polar surface area (TPSA) is 38.3 Å². The van der Waals surface area contributed by atoms with E-state index in [0.717, 1.165) is 5.56 Å². The van der Waals surface area contributed by atoms with Crippen LogP contribution in [-0.4, -0.2) is 12.5 Å². The van der Waals surface area contributed by atoms with E-state index in [-0.39, 0.29) is 12.5 Å². The lowest BCUT2D eigenvalue weighted by molar-refractivity contribution is 0.0951. The molecule has 3 heteroatoms. The van der Waals surface area contributed by atoms with Crippen LogP contribution in [0.1, 0.15) is 15.9 Å². The lowest BCUT2D eigenvalue weighted by Crippen LogP contribution is -2.22. The quantitative estimate of drug-likeness (QED) is 0.844. The van der Waals surface area contributed by atoms with Gasteiger partial charge >= 0.3 is 0 Å². The normalized spacial score (nSPS) is 9.55. The first-order chi connectivity index (χ1) is 9.79. The monoisotopic (exact) mass is 265 g/mol. The second-order valence-electron chi connectivity index (χ2n) is 4.19. The third kappa shape index (κ3) is 3.89. The number of hydrogen-bond acceptors (Lipinski definition) is 2. The summed E-state index contributed by atoms with van der Waals surface area (Å²) in [6.45, 7) is 0.731. The fourth-order valence-electron chi connectivity index (χ4n) is 1.71. The number of benzene rings is 2. The summed E-state index contributed by atoms with van der Waals surface area (Å²) in [4.78, 5) is 12.0. The van der Waals surface area contributed by atoms with Crippen molar-refractivity contribution >= 4 is 5.91 Å². The summed E-state index contributed by atoms with van der Waals surface area (Å²) in [5.74, 6) is 2.93. The highest BCUT2D eigenvalue weighted by molar-refractivity contribution is 5.94. The maximum atomic E-state index is 12.0. The van der Waals surface area contributed by atoms with Crippen molar-refractivity contribution in [3.63, 3.8) is 0 Å². The zero-order chi connectivity index (χ0) is 14.2. The number of ether oxygens (including phenoxy) is 1. The standard InChI is InChI=1S/C17H15NO2/c1-2-12-20-16-10-8-15(9-11-16)17(19)18-13-14-6-4-3-5-7-14/h1,3-11H,12-13H2,(H,18,19). The summed E-state index contributed by atoms with van der Waals surface area (Å²) in [5.41, 5.74) is 1.66. The molecule has 0 atom stereocenters. The molecule has 0 saturated heterocycles. The molecule has 2 rings (SSSR count). The second-order valence-corrected chi connectivity index (χ2v) is 4.19. The predicted octanol–water partition coefficient (Wildman–Crippen LogP) is 2.63. The predicted molar refractivity (Wildman–Crippen MR) is 78.4 cm³/mol. The molecule has 0 fully saturated rings. The van der Waals surface area contributed by atoms with E-state index >= 15 is 0 Å². The van der Waals surface area contributed by atoms with Crippen LogP contribution in [-0.2, 0) is 6.54 Å². The number of amides is 1. The minimum absolute atomic E-state index is 0.114. The van der Waals surface area contributed by atoms with Crippen molar-refractivity contribution in [1.82, 2.24) is 5.32 Å². The summed E-state index contributed by atoms with van der Waals surface area (Å²) >= 11 is 0. The van der Waals surface area contributed by atoms with Gasteiger partial charge in [-0.25, -0.2) is 0 Å². The van der Waals surface area contributed by atoms with Crippen LogP contribution in [0.4, 0.5) is 0 Å². The van der Waals surface area contributed by atoms with Crippen molar-refractivity contribution in [1.29, 1.82) is 0 Å². The molecule has 0 aromatic heterocycles. The Morgan fingerprint density at radius 3 is 2.45 bits per heavy atom. The van der Waals surface area contributed by atoms with Crippen molar-refractivity contribution < 1.29 is 9.53 Å². The summed E-state index contributed by atoms with van der Waals surface area (Å²) in [5, 5.41) is 2.87. The van der Waals surface area contributed by atoms with Gasteiger partial charge in [-0.2, -0.15) is 0 Å². The molecule has 1 N–H and O–H groups in total. The van der Waals surface area contributed by atoms with Gasteiger partial charge in [0.05, 0.1) is 0 Å². The molecule has 2 aromatic carbocycles. The molecule has 0 radical (unpaired) electrons. The zero-order valence-corrected chi connectivity index (χ0v) is 11.0. The maximum absolute atomic E-state index is 12.0. The Morgan fingerprint density at radius 1 is 1.10 bits per heavy atom. The first-order valence-electron chi connectivity index (χ1n) is 6.28. The van der Waals surface area contributed by atoms with Gasteiger partial charge in [0.15, 0.2) is 0 Å². The third-order valence-corrected chi connectivity index (χ3v) is 2.73. The van der Waals surface area contributed by atoms with Crippen LogP contribution in [0.2, 0.25) is 0 Å². The lowest BCUT2D eigenvalue weighted by Gasteiger charge is -2.06. The van der Waals surface area contributed by atoms with Crippen LogP contribution in [0.25, 0.3) is 0 Å². The summed E-state index contributed by atoms with van der Waals surface area (Å²) < 4.78 is 5.25. The van der Waals surface area contributed by atoms with E-state index in [1.807, 2.05) is 30.3 Å². The minimum Gasteiger partial charge on any atom is -0.481 e. The van der Waals surface area contributed by atoms with E-state index < -0.39 is 0 Å². The highest BCUT2D eigenvalue weighted by Gasteiger charge is 2.05. The van der Waals surface area contributed by atoms with E-state index in [4.69, 9.17) is 11.2 Å². The molecule has 0 spiro atoms. The van der Waals surface area contributed by atoms with Crippen LogP contribution in [0.5, 0.6) is 5.75 Å². The van der Waals surface area contributed by atoms with Gasteiger partial charge in [-0.3, -0.25) is 4.79 Å². The Bertz CT molecular complexity index is 597. The van der Waals surface area contributed by atoms with Crippen molar-refractivity contribution in [3.8, 4) is 18.1 Å². The fourth-order valence-corrected chi connectivity index (χ4v) is 1.71. The van der Waals surface area contributed by atoms with Crippen molar-refractivity contribution in [2.45, 2.75) is 6.54 Å². The van der Waals surface area contributed by atoms with E-state index in [9.17, 15) is 4.79 Å². The first-order valence-corrected chi connectivity index (χ1v) is 6.28. The van der Waals surface area contributed by atoms with E-state index in [1.54, 1.807) is 24.3 Å². The van der Waals surface area contributed by atoms with Gasteiger partial charge in [-0.05, 0) is 29.8 Å². The minimum atomic E-state index is -0.114. The van der Waals surface area contributed by atoms with E-state index in [1.165, 1.54) is 0 Å². The van der Waals surface area contributed by atoms with Gasteiger partial charge < -0.3 is 10.1 Å². The number of nitrogens with one attached hydrogen (secondary N) is 1. The zero-order valence-electron chi connectivity index (χ0n) is 11.0. The van der Waals surface area contributed by atoms with Gasteiger partial charge in [-0.15, -0.1) is 6.42 Å². The molecule has 100 valence electrons. The Kier molecular flexibility index (Phi) is 4.80. The van der Waals surface area contributed by atoms with Crippen molar-refractivity contribution in [2.24, 2.45) is 0 Å². The van der Waals surface area contributed by atoms with E-state index in [0.29, 0.717) is 17.9 Å². The number of rotatable bonds is 5. The van der Waals surface area contributed by atoms with Gasteiger partial charge in [0.25, 0.3) is 5.91 Å². The average Bonchev–Trinajstić information content (AvgIpc) is 2.52. The van der Waals surface area contributed by atoms with Crippen LogP contribution in [0.3, 0.4) is 0 Å². The SMILES string of the molecule is C#CCOc1ccc(C(=O)NCc2ccccc2)cc1. The van der Waals surface area contributed by atoms with Crippen molar-refractivity contribution in [2.75, 3.05) is 6.61 Å². The van der Waals surface area contributed by atoms with Crippen LogP contribution >= 0.6 is 0 Å². The Labute approximate surface area is 118 Å². The maximum Gasteiger partial charge on any atom is 0.251 e. The molecule has 1 amide bonds. The largest absolute Gasteiger partial charge is 0.481 e. The highest BCUT2D eigenvalue weighted by Crippen LogP contribution is 2.12. The third-order valence-electron chi connectivity index (χ3n) is 2.73. The molecular formula is C17H15NO2. The number of carbonyl (C=O) groups excluding carboxylic acids is 1. The molecule has 0 bridgehead atoms. The van der Waals surface area contributed by atoms with Gasteiger partial charge in [-0.1, -0.05) is 36.3 Å². The molecule has 0 aliphatic heterocycles.